The maximum Gasteiger partial charge on any atom is 0.133 e. The van der Waals surface area contributed by atoms with E-state index in [1.54, 1.807) is 7.11 Å². The lowest BCUT2D eigenvalue weighted by molar-refractivity contribution is 0.279. The van der Waals surface area contributed by atoms with E-state index in [9.17, 15) is 0 Å². The zero-order chi connectivity index (χ0) is 10.9. The van der Waals surface area contributed by atoms with Gasteiger partial charge in [0, 0.05) is 0 Å². The average molecular weight is 309 g/mol. The van der Waals surface area contributed by atoms with Crippen molar-refractivity contribution in [1.29, 1.82) is 0 Å². The van der Waals surface area contributed by atoms with Crippen molar-refractivity contribution in [3.8, 4) is 11.5 Å². The van der Waals surface area contributed by atoms with Crippen molar-refractivity contribution in [1.82, 2.24) is 0 Å². The Hall–Kier alpha value is -0.450. The second kappa shape index (κ2) is 5.25. The van der Waals surface area contributed by atoms with Crippen molar-refractivity contribution in [2.75, 3.05) is 13.7 Å². The van der Waals surface area contributed by atoms with Gasteiger partial charge >= 0.3 is 0 Å². The smallest absolute Gasteiger partial charge is 0.133 e. The molecule has 0 heterocycles. The summed E-state index contributed by atoms with van der Waals surface area (Å²) in [4.78, 5) is 0. The molecule has 0 bridgehead atoms. The first-order valence-electron chi connectivity index (χ1n) is 4.88. The Morgan fingerprint density at radius 2 is 2.12 bits per heavy atom. The standard InChI is InChI=1S/C11H14BrNO2.ClH/c1-14-10-3-2-8(6-9(10)12)15-7-11(13)4-5-11;/h2-3,6H,4-5,7,13H2,1H3;1H. The lowest BCUT2D eigenvalue weighted by Gasteiger charge is -2.12. The van der Waals surface area contributed by atoms with E-state index in [-0.39, 0.29) is 17.9 Å². The first-order chi connectivity index (χ1) is 7.13. The molecule has 90 valence electrons. The summed E-state index contributed by atoms with van der Waals surface area (Å²) < 4.78 is 11.6. The summed E-state index contributed by atoms with van der Waals surface area (Å²) in [6, 6.07) is 5.65. The van der Waals surface area contributed by atoms with Crippen molar-refractivity contribution in [2.45, 2.75) is 18.4 Å². The topological polar surface area (TPSA) is 44.5 Å². The van der Waals surface area contributed by atoms with Crippen LogP contribution in [0.15, 0.2) is 22.7 Å². The third-order valence-electron chi connectivity index (χ3n) is 2.54. The minimum atomic E-state index is -0.0770. The second-order valence-corrected chi connectivity index (χ2v) is 4.80. The predicted octanol–water partition coefficient (Wildman–Crippen LogP) is 2.75. The van der Waals surface area contributed by atoms with E-state index in [2.05, 4.69) is 15.9 Å². The van der Waals surface area contributed by atoms with Crippen LogP contribution < -0.4 is 15.2 Å². The third-order valence-corrected chi connectivity index (χ3v) is 3.16. The van der Waals surface area contributed by atoms with Gasteiger partial charge in [0.25, 0.3) is 0 Å². The van der Waals surface area contributed by atoms with E-state index in [1.165, 1.54) is 0 Å². The van der Waals surface area contributed by atoms with E-state index >= 15 is 0 Å². The van der Waals surface area contributed by atoms with Crippen LogP contribution in [0.4, 0.5) is 0 Å². The van der Waals surface area contributed by atoms with Gasteiger partial charge in [-0.15, -0.1) is 12.4 Å². The molecule has 2 rings (SSSR count). The van der Waals surface area contributed by atoms with E-state index in [1.807, 2.05) is 18.2 Å². The summed E-state index contributed by atoms with van der Waals surface area (Å²) in [6.45, 7) is 0.589. The normalized spacial score (nSPS) is 16.2. The first kappa shape index (κ1) is 13.6. The maximum atomic E-state index is 5.93. The van der Waals surface area contributed by atoms with Crippen LogP contribution >= 0.6 is 28.3 Å². The summed E-state index contributed by atoms with van der Waals surface area (Å²) >= 11 is 3.41. The molecule has 0 aliphatic heterocycles. The maximum absolute atomic E-state index is 5.93. The van der Waals surface area contributed by atoms with Crippen molar-refractivity contribution < 1.29 is 9.47 Å². The fraction of sp³-hybridized carbons (Fsp3) is 0.455. The predicted molar refractivity (Wildman–Crippen MR) is 69.6 cm³/mol. The molecule has 1 saturated carbocycles. The van der Waals surface area contributed by atoms with Crippen molar-refractivity contribution >= 4 is 28.3 Å². The molecule has 1 aliphatic rings. The van der Waals surface area contributed by atoms with Gasteiger partial charge in [-0.05, 0) is 47.0 Å². The highest BCUT2D eigenvalue weighted by molar-refractivity contribution is 9.10. The van der Waals surface area contributed by atoms with Gasteiger partial charge in [-0.1, -0.05) is 0 Å². The fourth-order valence-electron chi connectivity index (χ4n) is 1.27. The molecule has 0 radical (unpaired) electrons. The molecule has 2 N–H and O–H groups in total. The highest BCUT2D eigenvalue weighted by Gasteiger charge is 2.39. The van der Waals surface area contributed by atoms with Crippen LogP contribution in [0.3, 0.4) is 0 Å². The van der Waals surface area contributed by atoms with Crippen LogP contribution in [0, 0.1) is 0 Å². The number of ether oxygens (including phenoxy) is 2. The van der Waals surface area contributed by atoms with Gasteiger partial charge in [0.1, 0.15) is 18.1 Å². The van der Waals surface area contributed by atoms with Crippen LogP contribution in [0.5, 0.6) is 11.5 Å². The molecule has 3 nitrogen and oxygen atoms in total. The second-order valence-electron chi connectivity index (χ2n) is 3.95. The van der Waals surface area contributed by atoms with Gasteiger partial charge in [-0.3, -0.25) is 0 Å². The number of hydrogen-bond donors (Lipinski definition) is 1. The minimum Gasteiger partial charge on any atom is -0.496 e. The molecule has 1 aromatic rings. The summed E-state index contributed by atoms with van der Waals surface area (Å²) in [6.07, 6.45) is 2.12. The van der Waals surface area contributed by atoms with E-state index in [4.69, 9.17) is 15.2 Å². The Morgan fingerprint density at radius 3 is 2.62 bits per heavy atom. The van der Waals surface area contributed by atoms with Gasteiger partial charge in [0.05, 0.1) is 17.1 Å². The SMILES string of the molecule is COc1ccc(OCC2(N)CC2)cc1Br.Cl. The first-order valence-corrected chi connectivity index (χ1v) is 5.67. The Bertz CT molecular complexity index is 369. The number of methoxy groups -OCH3 is 1. The molecular weight excluding hydrogens is 293 g/mol. The fourth-order valence-corrected chi connectivity index (χ4v) is 1.79. The quantitative estimate of drug-likeness (QED) is 0.930. The van der Waals surface area contributed by atoms with Gasteiger partial charge in [-0.2, -0.15) is 0 Å². The number of rotatable bonds is 4. The van der Waals surface area contributed by atoms with Crippen LogP contribution in [-0.2, 0) is 0 Å². The van der Waals surface area contributed by atoms with Crippen molar-refractivity contribution in [3.05, 3.63) is 22.7 Å². The van der Waals surface area contributed by atoms with Crippen molar-refractivity contribution in [3.63, 3.8) is 0 Å². The van der Waals surface area contributed by atoms with Gasteiger partial charge < -0.3 is 15.2 Å². The van der Waals surface area contributed by atoms with E-state index < -0.39 is 0 Å². The number of hydrogen-bond acceptors (Lipinski definition) is 3. The van der Waals surface area contributed by atoms with Crippen LogP contribution in [0.25, 0.3) is 0 Å². The molecule has 0 saturated heterocycles. The number of halogens is 2. The molecule has 1 fully saturated rings. The zero-order valence-corrected chi connectivity index (χ0v) is 11.4. The summed E-state index contributed by atoms with van der Waals surface area (Å²) in [5.74, 6) is 1.62. The van der Waals surface area contributed by atoms with Crippen LogP contribution in [-0.4, -0.2) is 19.3 Å². The van der Waals surface area contributed by atoms with Crippen LogP contribution in [0.1, 0.15) is 12.8 Å². The summed E-state index contributed by atoms with van der Waals surface area (Å²) in [7, 11) is 1.64. The Balaban J connectivity index is 0.00000128. The highest BCUT2D eigenvalue weighted by Crippen LogP contribution is 2.34. The minimum absolute atomic E-state index is 0. The molecule has 1 aromatic carbocycles. The van der Waals surface area contributed by atoms with E-state index in [0.717, 1.165) is 28.8 Å². The lowest BCUT2D eigenvalue weighted by Crippen LogP contribution is -2.29. The molecule has 0 spiro atoms. The molecule has 16 heavy (non-hydrogen) atoms. The largest absolute Gasteiger partial charge is 0.496 e. The van der Waals surface area contributed by atoms with Crippen LogP contribution in [0.2, 0.25) is 0 Å². The lowest BCUT2D eigenvalue weighted by atomic mass is 10.3. The third kappa shape index (κ3) is 3.27. The molecular formula is C11H15BrClNO2. The number of benzene rings is 1. The number of nitrogens with two attached hydrogens (primary N) is 1. The Labute approximate surface area is 110 Å². The van der Waals surface area contributed by atoms with Crippen molar-refractivity contribution in [2.24, 2.45) is 5.73 Å². The Morgan fingerprint density at radius 1 is 1.44 bits per heavy atom. The molecule has 0 amide bonds. The molecule has 0 atom stereocenters. The van der Waals surface area contributed by atoms with Gasteiger partial charge in [0.15, 0.2) is 0 Å². The monoisotopic (exact) mass is 307 g/mol. The molecule has 1 aliphatic carbocycles. The average Bonchev–Trinajstić information content (AvgIpc) is 2.95. The highest BCUT2D eigenvalue weighted by atomic mass is 79.9. The molecule has 5 heteroatoms. The zero-order valence-electron chi connectivity index (χ0n) is 9.03. The van der Waals surface area contributed by atoms with Gasteiger partial charge in [0.2, 0.25) is 0 Å². The van der Waals surface area contributed by atoms with E-state index in [0.29, 0.717) is 6.61 Å². The Kier molecular flexibility index (Phi) is 4.47. The molecule has 0 unspecified atom stereocenters. The summed E-state index contributed by atoms with van der Waals surface area (Å²) in [5.41, 5.74) is 5.85. The molecule has 0 aromatic heterocycles. The van der Waals surface area contributed by atoms with Gasteiger partial charge in [-0.25, -0.2) is 0 Å². The summed E-state index contributed by atoms with van der Waals surface area (Å²) in [5, 5.41) is 0.